The molecule has 3 aromatic rings. The molecule has 2 amide bonds. The van der Waals surface area contributed by atoms with Gasteiger partial charge >= 0.3 is 0 Å². The highest BCUT2D eigenvalue weighted by atomic mass is 16.5. The summed E-state index contributed by atoms with van der Waals surface area (Å²) in [4.78, 5) is 29.5. The van der Waals surface area contributed by atoms with Crippen LogP contribution in [0.25, 0.3) is 10.9 Å². The van der Waals surface area contributed by atoms with E-state index in [1.807, 2.05) is 46.3 Å². The van der Waals surface area contributed by atoms with Crippen molar-refractivity contribution in [1.82, 2.24) is 14.4 Å². The summed E-state index contributed by atoms with van der Waals surface area (Å²) in [5.41, 5.74) is 3.47. The first-order chi connectivity index (χ1) is 17.6. The molecule has 5 rings (SSSR count). The number of carbonyl (C=O) groups excluding carboxylic acids is 2. The number of aromatic hydroxyl groups is 1. The maximum Gasteiger partial charge on any atom is 0.256 e. The van der Waals surface area contributed by atoms with E-state index in [0.717, 1.165) is 42.3 Å². The molecule has 2 aliphatic rings. The Morgan fingerprint density at radius 3 is 2.11 bits per heavy atom. The second-order valence-corrected chi connectivity index (χ2v) is 9.40. The van der Waals surface area contributed by atoms with Crippen LogP contribution in [0.1, 0.15) is 39.1 Å². The lowest BCUT2D eigenvalue weighted by Gasteiger charge is -2.26. The van der Waals surface area contributed by atoms with E-state index < -0.39 is 0 Å². The van der Waals surface area contributed by atoms with Gasteiger partial charge in [0, 0.05) is 55.9 Å². The molecule has 0 aliphatic carbocycles. The van der Waals surface area contributed by atoms with Crippen LogP contribution in [0.5, 0.6) is 5.75 Å². The minimum Gasteiger partial charge on any atom is -0.508 e. The average molecular weight is 492 g/mol. The number of hydrogen-bond donors (Lipinski definition) is 1. The molecule has 36 heavy (non-hydrogen) atoms. The van der Waals surface area contributed by atoms with Gasteiger partial charge in [-0.3, -0.25) is 9.59 Å². The van der Waals surface area contributed by atoms with Crippen LogP contribution in [0.15, 0.2) is 48.7 Å². The fourth-order valence-electron chi connectivity index (χ4n) is 4.95. The van der Waals surface area contributed by atoms with Crippen molar-refractivity contribution in [1.29, 1.82) is 0 Å². The van der Waals surface area contributed by atoms with Crippen LogP contribution >= 0.6 is 0 Å². The van der Waals surface area contributed by atoms with Crippen LogP contribution in [0.2, 0.25) is 0 Å². The highest BCUT2D eigenvalue weighted by Crippen LogP contribution is 2.27. The summed E-state index contributed by atoms with van der Waals surface area (Å²) < 4.78 is 12.8. The van der Waals surface area contributed by atoms with Gasteiger partial charge in [0.1, 0.15) is 5.75 Å². The molecule has 0 unspecified atom stereocenters. The number of aryl methyl sites for hydroxylation is 2. The van der Waals surface area contributed by atoms with Crippen LogP contribution in [0, 0.1) is 0 Å². The summed E-state index contributed by atoms with van der Waals surface area (Å²) in [6.07, 6.45) is 4.74. The van der Waals surface area contributed by atoms with E-state index >= 15 is 0 Å². The Morgan fingerprint density at radius 2 is 1.44 bits per heavy atom. The van der Waals surface area contributed by atoms with Crippen molar-refractivity contribution in [2.24, 2.45) is 0 Å². The lowest BCUT2D eigenvalue weighted by molar-refractivity contribution is 0.0302. The molecular weight excluding hydrogens is 458 g/mol. The molecule has 0 bridgehead atoms. The predicted molar refractivity (Wildman–Crippen MR) is 136 cm³/mol. The SMILES string of the molecule is O=C(c1ccc(CCCCn2cc(C(=O)N3CCOCC3)c3ccc(O)cc32)cc1)N1CCOCC1. The number of morpholine rings is 2. The molecule has 8 nitrogen and oxygen atoms in total. The largest absolute Gasteiger partial charge is 0.508 e. The van der Waals surface area contributed by atoms with Crippen LogP contribution in [0.4, 0.5) is 0 Å². The minimum atomic E-state index is 0.0134. The number of rotatable bonds is 7. The van der Waals surface area contributed by atoms with Crippen molar-refractivity contribution in [2.45, 2.75) is 25.8 Å². The third kappa shape index (κ3) is 5.39. The number of carbonyl (C=O) groups is 2. The zero-order valence-electron chi connectivity index (χ0n) is 20.5. The molecule has 2 aliphatic heterocycles. The van der Waals surface area contributed by atoms with Gasteiger partial charge in [-0.2, -0.15) is 0 Å². The standard InChI is InChI=1S/C28H33N3O5/c32-23-8-9-24-25(28(34)30-13-17-36-18-14-30)20-31(26(24)19-23)10-2-1-3-21-4-6-22(7-5-21)27(33)29-11-15-35-16-12-29/h4-9,19-20,32H,1-3,10-18H2. The molecule has 2 aromatic carbocycles. The summed E-state index contributed by atoms with van der Waals surface area (Å²) in [6, 6.07) is 13.1. The van der Waals surface area contributed by atoms with Gasteiger partial charge in [0.15, 0.2) is 0 Å². The molecule has 3 heterocycles. The molecular formula is C28H33N3O5. The van der Waals surface area contributed by atoms with E-state index in [-0.39, 0.29) is 17.6 Å². The first-order valence-electron chi connectivity index (χ1n) is 12.7. The minimum absolute atomic E-state index is 0.0134. The summed E-state index contributed by atoms with van der Waals surface area (Å²) in [5.74, 6) is 0.272. The maximum absolute atomic E-state index is 13.2. The number of nitrogens with zero attached hydrogens (tertiary/aromatic N) is 3. The van der Waals surface area contributed by atoms with Crippen molar-refractivity contribution >= 4 is 22.7 Å². The molecule has 0 saturated carbocycles. The van der Waals surface area contributed by atoms with Crippen LogP contribution < -0.4 is 0 Å². The van der Waals surface area contributed by atoms with E-state index in [1.165, 1.54) is 5.56 Å². The highest BCUT2D eigenvalue weighted by Gasteiger charge is 2.23. The third-order valence-corrected chi connectivity index (χ3v) is 7.01. The topological polar surface area (TPSA) is 84.2 Å². The Kier molecular flexibility index (Phi) is 7.53. The van der Waals surface area contributed by atoms with Crippen molar-refractivity contribution in [3.8, 4) is 5.75 Å². The summed E-state index contributed by atoms with van der Waals surface area (Å²) >= 11 is 0. The van der Waals surface area contributed by atoms with Gasteiger partial charge in [-0.1, -0.05) is 12.1 Å². The Labute approximate surface area is 211 Å². The number of fused-ring (bicyclic) bond motifs is 1. The molecule has 0 atom stereocenters. The van der Waals surface area contributed by atoms with Gasteiger partial charge in [-0.25, -0.2) is 0 Å². The van der Waals surface area contributed by atoms with Gasteiger partial charge in [-0.15, -0.1) is 0 Å². The third-order valence-electron chi connectivity index (χ3n) is 7.01. The fourth-order valence-corrected chi connectivity index (χ4v) is 4.95. The first kappa shape index (κ1) is 24.3. The number of amides is 2. The van der Waals surface area contributed by atoms with E-state index in [2.05, 4.69) is 4.57 Å². The lowest BCUT2D eigenvalue weighted by Crippen LogP contribution is -2.40. The van der Waals surface area contributed by atoms with Gasteiger partial charge in [-0.05, 0) is 49.1 Å². The highest BCUT2D eigenvalue weighted by molar-refractivity contribution is 6.07. The normalized spacial score (nSPS) is 16.4. The molecule has 2 fully saturated rings. The van der Waals surface area contributed by atoms with Crippen molar-refractivity contribution in [2.75, 3.05) is 52.6 Å². The van der Waals surface area contributed by atoms with Crippen LogP contribution in [0.3, 0.4) is 0 Å². The molecule has 0 spiro atoms. The molecule has 190 valence electrons. The number of hydrogen-bond acceptors (Lipinski definition) is 5. The smallest absolute Gasteiger partial charge is 0.256 e. The summed E-state index contributed by atoms with van der Waals surface area (Å²) in [5, 5.41) is 10.9. The number of phenolic OH excluding ortho intramolecular Hbond substituents is 1. The first-order valence-corrected chi connectivity index (χ1v) is 12.7. The van der Waals surface area contributed by atoms with E-state index in [4.69, 9.17) is 9.47 Å². The monoisotopic (exact) mass is 491 g/mol. The summed E-state index contributed by atoms with van der Waals surface area (Å²) in [7, 11) is 0. The second-order valence-electron chi connectivity index (χ2n) is 9.40. The number of benzene rings is 2. The second kappa shape index (κ2) is 11.1. The van der Waals surface area contributed by atoms with Crippen LogP contribution in [-0.2, 0) is 22.4 Å². The summed E-state index contributed by atoms with van der Waals surface area (Å²) in [6.45, 7) is 5.57. The quantitative estimate of drug-likeness (QED) is 0.513. The van der Waals surface area contributed by atoms with Crippen LogP contribution in [-0.4, -0.2) is 83.9 Å². The predicted octanol–water partition coefficient (Wildman–Crippen LogP) is 3.31. The maximum atomic E-state index is 13.2. The Balaban J connectivity index is 1.20. The molecule has 2 saturated heterocycles. The zero-order chi connectivity index (χ0) is 24.9. The Morgan fingerprint density at radius 1 is 0.806 bits per heavy atom. The number of unbranched alkanes of at least 4 members (excludes halogenated alkanes) is 1. The molecule has 0 radical (unpaired) electrons. The van der Waals surface area contributed by atoms with Crippen molar-refractivity contribution in [3.63, 3.8) is 0 Å². The van der Waals surface area contributed by atoms with Gasteiger partial charge in [0.2, 0.25) is 0 Å². The Bertz CT molecular complexity index is 1210. The number of ether oxygens (including phenoxy) is 2. The number of phenols is 1. The van der Waals surface area contributed by atoms with Crippen molar-refractivity contribution in [3.05, 3.63) is 65.4 Å². The zero-order valence-corrected chi connectivity index (χ0v) is 20.5. The Hall–Kier alpha value is -3.36. The number of aromatic nitrogens is 1. The van der Waals surface area contributed by atoms with Gasteiger partial charge < -0.3 is 28.9 Å². The van der Waals surface area contributed by atoms with E-state index in [1.54, 1.807) is 12.1 Å². The van der Waals surface area contributed by atoms with E-state index in [0.29, 0.717) is 58.2 Å². The molecule has 1 aromatic heterocycles. The molecule has 8 heteroatoms. The average Bonchev–Trinajstić information content (AvgIpc) is 3.29. The fraction of sp³-hybridized carbons (Fsp3) is 0.429. The lowest BCUT2D eigenvalue weighted by atomic mass is 10.1. The van der Waals surface area contributed by atoms with Gasteiger partial charge in [0.25, 0.3) is 11.8 Å². The van der Waals surface area contributed by atoms with Crippen molar-refractivity contribution < 1.29 is 24.2 Å². The molecule has 1 N–H and O–H groups in total. The van der Waals surface area contributed by atoms with Gasteiger partial charge in [0.05, 0.1) is 37.5 Å². The van der Waals surface area contributed by atoms with E-state index in [9.17, 15) is 14.7 Å².